The third kappa shape index (κ3) is 5.41. The third-order valence-electron chi connectivity index (χ3n) is 5.37. The number of allylic oxidation sites excluding steroid dienone is 1. The van der Waals surface area contributed by atoms with Gasteiger partial charge in [-0.15, -0.1) is 10.2 Å². The van der Waals surface area contributed by atoms with Crippen molar-refractivity contribution in [1.29, 1.82) is 0 Å². The Hall–Kier alpha value is -2.93. The number of nitrogens with zero attached hydrogens (tertiary/aromatic N) is 4. The number of para-hydroxylation sites is 1. The first-order chi connectivity index (χ1) is 15.2. The molecule has 1 amide bonds. The number of hydrogen-bond donors (Lipinski definition) is 1. The Balaban J connectivity index is 1.48. The van der Waals surface area contributed by atoms with Crippen LogP contribution in [0.1, 0.15) is 39.0 Å². The molecule has 1 unspecified atom stereocenters. The predicted octanol–water partition coefficient (Wildman–Crippen LogP) is 4.82. The number of nitrogens with one attached hydrogen (secondary N) is 1. The fourth-order valence-corrected chi connectivity index (χ4v) is 4.57. The second kappa shape index (κ2) is 10.4. The third-order valence-corrected chi connectivity index (χ3v) is 6.41. The zero-order valence-electron chi connectivity index (χ0n) is 17.7. The monoisotopic (exact) mass is 433 g/mol. The summed E-state index contributed by atoms with van der Waals surface area (Å²) in [5, 5.41) is 12.3. The quantitative estimate of drug-likeness (QED) is 0.407. The van der Waals surface area contributed by atoms with Crippen molar-refractivity contribution < 1.29 is 4.79 Å². The molecule has 6 nitrogen and oxygen atoms in total. The molecular formula is C24H27N5OS. The Kier molecular flexibility index (Phi) is 7.14. The Labute approximate surface area is 187 Å². The van der Waals surface area contributed by atoms with E-state index >= 15 is 0 Å². The maximum Gasteiger partial charge on any atom is 0.233 e. The molecule has 1 N–H and O–H groups in total. The number of rotatable bonds is 8. The van der Waals surface area contributed by atoms with E-state index in [1.165, 1.54) is 36.6 Å². The van der Waals surface area contributed by atoms with Crippen molar-refractivity contribution in [2.75, 3.05) is 6.54 Å². The molecule has 1 aliphatic carbocycles. The first-order valence-electron chi connectivity index (χ1n) is 10.8. The molecule has 3 aromatic rings. The van der Waals surface area contributed by atoms with E-state index in [-0.39, 0.29) is 11.2 Å². The van der Waals surface area contributed by atoms with Gasteiger partial charge >= 0.3 is 0 Å². The van der Waals surface area contributed by atoms with Gasteiger partial charge < -0.3 is 5.32 Å². The van der Waals surface area contributed by atoms with E-state index < -0.39 is 0 Å². The average molecular weight is 434 g/mol. The molecule has 0 saturated heterocycles. The van der Waals surface area contributed by atoms with Crippen LogP contribution in [0.3, 0.4) is 0 Å². The number of carbonyl (C=O) groups excluding carboxylic acids is 1. The molecule has 0 radical (unpaired) electrons. The molecule has 0 fully saturated rings. The standard InChI is InChI=1S/C24H27N5OS/c1-18(23(30)26-17-12-19-8-4-2-5-9-19)31-24-28-27-22(20-13-15-25-16-14-20)29(24)21-10-6-3-7-11-21/h3,6-8,10-11,13-16,18H,2,4-5,9,12,17H2,1H3,(H,26,30). The van der Waals surface area contributed by atoms with E-state index in [0.29, 0.717) is 11.7 Å². The number of thioether (sulfide) groups is 1. The Bertz CT molecular complexity index is 1030. The molecule has 4 rings (SSSR count). The van der Waals surface area contributed by atoms with Crippen LogP contribution in [-0.2, 0) is 4.79 Å². The molecule has 0 bridgehead atoms. The van der Waals surface area contributed by atoms with Crippen LogP contribution in [0.5, 0.6) is 0 Å². The molecule has 1 aromatic carbocycles. The van der Waals surface area contributed by atoms with E-state index in [1.807, 2.05) is 54.0 Å². The van der Waals surface area contributed by atoms with Gasteiger partial charge in [0.25, 0.3) is 0 Å². The minimum Gasteiger partial charge on any atom is -0.355 e. The minimum atomic E-state index is -0.280. The number of benzene rings is 1. The molecule has 160 valence electrons. The second-order valence-electron chi connectivity index (χ2n) is 7.62. The van der Waals surface area contributed by atoms with Gasteiger partial charge in [-0.3, -0.25) is 14.3 Å². The number of pyridine rings is 1. The highest BCUT2D eigenvalue weighted by atomic mass is 32.2. The van der Waals surface area contributed by atoms with Gasteiger partial charge in [-0.2, -0.15) is 0 Å². The summed E-state index contributed by atoms with van der Waals surface area (Å²) in [5.74, 6) is 0.752. The van der Waals surface area contributed by atoms with Gasteiger partial charge in [-0.25, -0.2) is 0 Å². The van der Waals surface area contributed by atoms with Gasteiger partial charge in [0.05, 0.1) is 5.25 Å². The number of hydrogen-bond acceptors (Lipinski definition) is 5. The van der Waals surface area contributed by atoms with Crippen molar-refractivity contribution in [1.82, 2.24) is 25.1 Å². The summed E-state index contributed by atoms with van der Waals surface area (Å²) in [6, 6.07) is 13.8. The lowest BCUT2D eigenvalue weighted by Gasteiger charge is -2.15. The van der Waals surface area contributed by atoms with Crippen LogP contribution in [0, 0.1) is 0 Å². The summed E-state index contributed by atoms with van der Waals surface area (Å²) in [6.07, 6.45) is 11.6. The van der Waals surface area contributed by atoms with Gasteiger partial charge in [0, 0.05) is 30.2 Å². The number of amides is 1. The summed E-state index contributed by atoms with van der Waals surface area (Å²) in [4.78, 5) is 16.8. The smallest absolute Gasteiger partial charge is 0.233 e. The highest BCUT2D eigenvalue weighted by Crippen LogP contribution is 2.30. The van der Waals surface area contributed by atoms with Crippen molar-refractivity contribution in [3.8, 4) is 17.1 Å². The molecule has 31 heavy (non-hydrogen) atoms. The van der Waals surface area contributed by atoms with Crippen molar-refractivity contribution in [3.05, 3.63) is 66.5 Å². The molecule has 0 saturated carbocycles. The van der Waals surface area contributed by atoms with E-state index in [1.54, 1.807) is 12.4 Å². The highest BCUT2D eigenvalue weighted by molar-refractivity contribution is 8.00. The van der Waals surface area contributed by atoms with Crippen molar-refractivity contribution in [2.24, 2.45) is 0 Å². The molecule has 7 heteroatoms. The fourth-order valence-electron chi connectivity index (χ4n) is 3.68. The fraction of sp³-hybridized carbons (Fsp3) is 0.333. The molecule has 0 aliphatic heterocycles. The highest BCUT2D eigenvalue weighted by Gasteiger charge is 2.21. The Morgan fingerprint density at radius 3 is 2.68 bits per heavy atom. The topological polar surface area (TPSA) is 72.7 Å². The normalized spacial score (nSPS) is 14.7. The van der Waals surface area contributed by atoms with E-state index in [2.05, 4.69) is 26.6 Å². The molecule has 1 aliphatic rings. The molecule has 2 heterocycles. The van der Waals surface area contributed by atoms with Gasteiger partial charge in [0.1, 0.15) is 0 Å². The van der Waals surface area contributed by atoms with Gasteiger partial charge in [0.15, 0.2) is 11.0 Å². The first kappa shape index (κ1) is 21.3. The van der Waals surface area contributed by atoms with Gasteiger partial charge in [0.2, 0.25) is 5.91 Å². The van der Waals surface area contributed by atoms with Crippen molar-refractivity contribution >= 4 is 17.7 Å². The average Bonchev–Trinajstić information content (AvgIpc) is 3.24. The lowest BCUT2D eigenvalue weighted by molar-refractivity contribution is -0.120. The largest absolute Gasteiger partial charge is 0.355 e. The first-order valence-corrected chi connectivity index (χ1v) is 11.6. The molecule has 0 spiro atoms. The lowest BCUT2D eigenvalue weighted by atomic mass is 9.97. The Morgan fingerprint density at radius 2 is 1.94 bits per heavy atom. The van der Waals surface area contributed by atoms with Crippen LogP contribution in [-0.4, -0.2) is 37.5 Å². The Morgan fingerprint density at radius 1 is 1.13 bits per heavy atom. The molecule has 2 aromatic heterocycles. The van der Waals surface area contributed by atoms with Crippen LogP contribution in [0.15, 0.2) is 71.7 Å². The summed E-state index contributed by atoms with van der Waals surface area (Å²) in [7, 11) is 0. The maximum atomic E-state index is 12.7. The predicted molar refractivity (Wildman–Crippen MR) is 124 cm³/mol. The van der Waals surface area contributed by atoms with E-state index in [0.717, 1.165) is 29.9 Å². The van der Waals surface area contributed by atoms with Crippen LogP contribution >= 0.6 is 11.8 Å². The van der Waals surface area contributed by atoms with E-state index in [4.69, 9.17) is 0 Å². The maximum absolute atomic E-state index is 12.7. The molecule has 1 atom stereocenters. The number of aromatic nitrogens is 4. The molecular weight excluding hydrogens is 406 g/mol. The summed E-state index contributed by atoms with van der Waals surface area (Å²) in [5.41, 5.74) is 3.35. The number of carbonyl (C=O) groups is 1. The van der Waals surface area contributed by atoms with Crippen LogP contribution in [0.25, 0.3) is 17.1 Å². The summed E-state index contributed by atoms with van der Waals surface area (Å²) >= 11 is 1.42. The van der Waals surface area contributed by atoms with Gasteiger partial charge in [-0.05, 0) is 63.3 Å². The minimum absolute atomic E-state index is 0.0227. The zero-order valence-corrected chi connectivity index (χ0v) is 18.5. The SMILES string of the molecule is CC(Sc1nnc(-c2ccncc2)n1-c1ccccc1)C(=O)NCCC1=CCCCC1. The van der Waals surface area contributed by atoms with Crippen LogP contribution in [0.2, 0.25) is 0 Å². The van der Waals surface area contributed by atoms with Crippen molar-refractivity contribution in [2.45, 2.75) is 49.4 Å². The zero-order chi connectivity index (χ0) is 21.5. The summed E-state index contributed by atoms with van der Waals surface area (Å²) < 4.78 is 2.00. The van der Waals surface area contributed by atoms with Crippen molar-refractivity contribution in [3.63, 3.8) is 0 Å². The lowest BCUT2D eigenvalue weighted by Crippen LogP contribution is -2.32. The van der Waals surface area contributed by atoms with Crippen LogP contribution < -0.4 is 5.32 Å². The van der Waals surface area contributed by atoms with Crippen LogP contribution in [0.4, 0.5) is 0 Å². The van der Waals surface area contributed by atoms with Gasteiger partial charge in [-0.1, -0.05) is 41.6 Å². The second-order valence-corrected chi connectivity index (χ2v) is 8.93. The van der Waals surface area contributed by atoms with E-state index in [9.17, 15) is 4.79 Å². The summed E-state index contributed by atoms with van der Waals surface area (Å²) in [6.45, 7) is 2.60.